The molecule has 0 saturated carbocycles. The van der Waals surface area contributed by atoms with Crippen molar-refractivity contribution < 1.29 is 9.18 Å². The minimum atomic E-state index is -0.454. The molecule has 0 bridgehead atoms. The largest absolute Gasteiger partial charge is 0.298 e. The number of rotatable bonds is 2. The summed E-state index contributed by atoms with van der Waals surface area (Å²) in [5, 5.41) is 0. The number of aldehydes is 1. The van der Waals surface area contributed by atoms with Crippen LogP contribution in [0.15, 0.2) is 18.2 Å². The average Bonchev–Trinajstić information content (AvgIpc) is 2.17. The Morgan fingerprint density at radius 1 is 1.43 bits per heavy atom. The summed E-state index contributed by atoms with van der Waals surface area (Å²) in [6.45, 7) is 0. The van der Waals surface area contributed by atoms with Gasteiger partial charge in [0.05, 0.1) is 0 Å². The van der Waals surface area contributed by atoms with Gasteiger partial charge in [-0.15, -0.1) is 11.6 Å². The van der Waals surface area contributed by atoms with E-state index >= 15 is 0 Å². The molecule has 0 aromatic heterocycles. The maximum atomic E-state index is 12.9. The van der Waals surface area contributed by atoms with Crippen molar-refractivity contribution in [1.82, 2.24) is 0 Å². The molecule has 14 heavy (non-hydrogen) atoms. The Labute approximate surface area is 86.9 Å². The number of carbonyl (C=O) groups is 1. The molecule has 0 atom stereocenters. The highest BCUT2D eigenvalue weighted by Crippen LogP contribution is 2.06. The fraction of sp³-hybridized carbons (Fsp3) is 0.182. The van der Waals surface area contributed by atoms with E-state index in [0.29, 0.717) is 29.7 Å². The summed E-state index contributed by atoms with van der Waals surface area (Å²) in [7, 11) is 0. The van der Waals surface area contributed by atoms with Crippen molar-refractivity contribution in [3.8, 4) is 11.8 Å². The van der Waals surface area contributed by atoms with Gasteiger partial charge in [0.15, 0.2) is 0 Å². The molecule has 0 heterocycles. The Bertz CT molecular complexity index is 390. The molecule has 0 spiro atoms. The van der Waals surface area contributed by atoms with Crippen molar-refractivity contribution in [1.29, 1.82) is 0 Å². The van der Waals surface area contributed by atoms with Gasteiger partial charge < -0.3 is 0 Å². The minimum absolute atomic E-state index is 0.292. The quantitative estimate of drug-likeness (QED) is 0.417. The molecular formula is C11H8ClFO. The Kier molecular flexibility index (Phi) is 4.15. The van der Waals surface area contributed by atoms with Crippen LogP contribution in [0.5, 0.6) is 0 Å². The molecule has 0 aliphatic carbocycles. The lowest BCUT2D eigenvalue weighted by Gasteiger charge is -1.93. The highest BCUT2D eigenvalue weighted by molar-refractivity contribution is 6.18. The normalized spacial score (nSPS) is 9.00. The van der Waals surface area contributed by atoms with Crippen LogP contribution in [0.3, 0.4) is 0 Å². The van der Waals surface area contributed by atoms with Crippen molar-refractivity contribution in [2.45, 2.75) is 6.42 Å². The van der Waals surface area contributed by atoms with Crippen LogP contribution >= 0.6 is 11.6 Å². The molecule has 1 rings (SSSR count). The summed E-state index contributed by atoms with van der Waals surface area (Å²) in [4.78, 5) is 10.4. The van der Waals surface area contributed by atoms with Gasteiger partial charge in [-0.3, -0.25) is 4.79 Å². The third kappa shape index (κ3) is 3.20. The molecule has 1 aromatic rings. The second kappa shape index (κ2) is 5.41. The van der Waals surface area contributed by atoms with E-state index in [4.69, 9.17) is 11.6 Å². The molecule has 0 unspecified atom stereocenters. The third-order valence-electron chi connectivity index (χ3n) is 1.51. The van der Waals surface area contributed by atoms with Crippen LogP contribution in [0.2, 0.25) is 0 Å². The lowest BCUT2D eigenvalue weighted by atomic mass is 10.1. The van der Waals surface area contributed by atoms with Crippen LogP contribution in [0.1, 0.15) is 22.3 Å². The van der Waals surface area contributed by atoms with Gasteiger partial charge in [-0.2, -0.15) is 0 Å². The molecular weight excluding hydrogens is 203 g/mol. The van der Waals surface area contributed by atoms with Crippen LogP contribution in [-0.4, -0.2) is 12.2 Å². The summed E-state index contributed by atoms with van der Waals surface area (Å²) in [5.74, 6) is 5.49. The number of hydrogen-bond donors (Lipinski definition) is 0. The number of alkyl halides is 1. The zero-order valence-electron chi connectivity index (χ0n) is 7.39. The van der Waals surface area contributed by atoms with E-state index < -0.39 is 5.82 Å². The summed E-state index contributed by atoms with van der Waals surface area (Å²) in [5.41, 5.74) is 0.789. The summed E-state index contributed by atoms with van der Waals surface area (Å²) in [6.07, 6.45) is 1.14. The Balaban J connectivity index is 2.93. The van der Waals surface area contributed by atoms with Gasteiger partial charge in [-0.25, -0.2) is 4.39 Å². The fourth-order valence-electron chi connectivity index (χ4n) is 0.964. The first-order valence-corrected chi connectivity index (χ1v) is 4.60. The monoisotopic (exact) mass is 210 g/mol. The van der Waals surface area contributed by atoms with Crippen LogP contribution in [0.4, 0.5) is 4.39 Å². The summed E-state index contributed by atoms with van der Waals surface area (Å²) >= 11 is 5.42. The van der Waals surface area contributed by atoms with Crippen molar-refractivity contribution in [2.75, 3.05) is 5.88 Å². The van der Waals surface area contributed by atoms with E-state index in [2.05, 4.69) is 11.8 Å². The topological polar surface area (TPSA) is 17.1 Å². The average molecular weight is 211 g/mol. The third-order valence-corrected chi connectivity index (χ3v) is 1.70. The zero-order valence-corrected chi connectivity index (χ0v) is 8.14. The summed E-state index contributed by atoms with van der Waals surface area (Å²) < 4.78 is 12.9. The lowest BCUT2D eigenvalue weighted by Crippen LogP contribution is -1.85. The van der Waals surface area contributed by atoms with E-state index in [1.54, 1.807) is 0 Å². The van der Waals surface area contributed by atoms with Gasteiger partial charge in [0.1, 0.15) is 12.1 Å². The van der Waals surface area contributed by atoms with Gasteiger partial charge in [-0.05, 0) is 18.2 Å². The van der Waals surface area contributed by atoms with Crippen molar-refractivity contribution in [2.24, 2.45) is 0 Å². The number of carbonyl (C=O) groups excluding carboxylic acids is 1. The molecule has 0 N–H and O–H groups in total. The highest BCUT2D eigenvalue weighted by Gasteiger charge is 1.97. The molecule has 0 aliphatic rings. The van der Waals surface area contributed by atoms with Gasteiger partial charge in [0, 0.05) is 23.4 Å². The Hall–Kier alpha value is -1.33. The molecule has 0 radical (unpaired) electrons. The molecule has 0 saturated heterocycles. The molecule has 3 heteroatoms. The fourth-order valence-corrected chi connectivity index (χ4v) is 1.06. The van der Waals surface area contributed by atoms with E-state index in [-0.39, 0.29) is 0 Å². The van der Waals surface area contributed by atoms with E-state index in [1.165, 1.54) is 18.2 Å². The van der Waals surface area contributed by atoms with Crippen molar-refractivity contribution >= 4 is 17.9 Å². The van der Waals surface area contributed by atoms with E-state index in [0.717, 1.165) is 0 Å². The minimum Gasteiger partial charge on any atom is -0.298 e. The smallest absolute Gasteiger partial charge is 0.150 e. The van der Waals surface area contributed by atoms with Crippen LogP contribution in [-0.2, 0) is 0 Å². The van der Waals surface area contributed by atoms with Crippen LogP contribution < -0.4 is 0 Å². The molecule has 0 amide bonds. The SMILES string of the molecule is O=Cc1cc(F)cc(C#CCCCl)c1. The first kappa shape index (κ1) is 10.7. The lowest BCUT2D eigenvalue weighted by molar-refractivity contribution is 0.112. The van der Waals surface area contributed by atoms with Gasteiger partial charge in [0.2, 0.25) is 0 Å². The Morgan fingerprint density at radius 3 is 2.86 bits per heavy atom. The van der Waals surface area contributed by atoms with Gasteiger partial charge in [-0.1, -0.05) is 11.8 Å². The molecule has 0 aliphatic heterocycles. The molecule has 0 fully saturated rings. The number of hydrogen-bond acceptors (Lipinski definition) is 1. The first-order valence-electron chi connectivity index (χ1n) is 4.07. The first-order chi connectivity index (χ1) is 6.76. The van der Waals surface area contributed by atoms with E-state index in [9.17, 15) is 9.18 Å². The van der Waals surface area contributed by atoms with Gasteiger partial charge >= 0.3 is 0 Å². The zero-order chi connectivity index (χ0) is 10.4. The maximum Gasteiger partial charge on any atom is 0.150 e. The second-order valence-electron chi connectivity index (χ2n) is 2.63. The Morgan fingerprint density at radius 2 is 2.21 bits per heavy atom. The second-order valence-corrected chi connectivity index (χ2v) is 3.01. The van der Waals surface area contributed by atoms with E-state index in [1.807, 2.05) is 0 Å². The highest BCUT2D eigenvalue weighted by atomic mass is 35.5. The molecule has 1 aromatic carbocycles. The number of halogens is 2. The predicted molar refractivity (Wildman–Crippen MR) is 54.0 cm³/mol. The van der Waals surface area contributed by atoms with Crippen LogP contribution in [0.25, 0.3) is 0 Å². The summed E-state index contributed by atoms with van der Waals surface area (Å²) in [6, 6.07) is 3.99. The van der Waals surface area contributed by atoms with Gasteiger partial charge in [0.25, 0.3) is 0 Å². The van der Waals surface area contributed by atoms with Crippen molar-refractivity contribution in [3.63, 3.8) is 0 Å². The molecule has 1 nitrogen and oxygen atoms in total. The predicted octanol–water partition coefficient (Wildman–Crippen LogP) is 2.62. The molecule has 72 valence electrons. The van der Waals surface area contributed by atoms with Crippen molar-refractivity contribution in [3.05, 3.63) is 35.1 Å². The standard InChI is InChI=1S/C11H8ClFO/c12-4-2-1-3-9-5-10(8-14)7-11(13)6-9/h5-8H,2,4H2. The van der Waals surface area contributed by atoms with Crippen LogP contribution in [0, 0.1) is 17.7 Å². The maximum absolute atomic E-state index is 12.9. The number of benzene rings is 1.